The first-order valence-electron chi connectivity index (χ1n) is 9.16. The van der Waals surface area contributed by atoms with Gasteiger partial charge in [-0.3, -0.25) is 4.79 Å². The van der Waals surface area contributed by atoms with Crippen LogP contribution < -0.4 is 10.6 Å². The van der Waals surface area contributed by atoms with E-state index in [9.17, 15) is 9.59 Å². The number of anilines is 2. The summed E-state index contributed by atoms with van der Waals surface area (Å²) in [6.07, 6.45) is 3.10. The van der Waals surface area contributed by atoms with E-state index >= 15 is 0 Å². The first-order valence-corrected chi connectivity index (χ1v) is 9.16. The maximum atomic E-state index is 12.2. The van der Waals surface area contributed by atoms with E-state index in [0.717, 1.165) is 24.2 Å². The van der Waals surface area contributed by atoms with E-state index in [-0.39, 0.29) is 18.0 Å². The second kappa shape index (κ2) is 9.02. The number of piperidine rings is 1. The summed E-state index contributed by atoms with van der Waals surface area (Å²) in [7, 11) is 0. The van der Waals surface area contributed by atoms with Gasteiger partial charge in [-0.1, -0.05) is 18.2 Å². The molecule has 0 bridgehead atoms. The number of ether oxygens (including phenoxy) is 1. The minimum atomic E-state index is -0.244. The van der Waals surface area contributed by atoms with Crippen molar-refractivity contribution in [2.24, 2.45) is 0 Å². The summed E-state index contributed by atoms with van der Waals surface area (Å²) in [5.41, 5.74) is 1.96. The summed E-state index contributed by atoms with van der Waals surface area (Å²) in [5, 5.41) is 6.23. The molecule has 0 spiro atoms. The van der Waals surface area contributed by atoms with Crippen molar-refractivity contribution in [2.45, 2.75) is 25.8 Å². The molecular weight excluding hydrogens is 344 g/mol. The van der Waals surface area contributed by atoms with E-state index in [1.165, 1.54) is 0 Å². The highest BCUT2D eigenvalue weighted by Gasteiger charge is 2.23. The molecule has 142 valence electrons. The molecule has 2 heterocycles. The smallest absolute Gasteiger partial charge is 0.409 e. The molecule has 1 saturated heterocycles. The fourth-order valence-corrected chi connectivity index (χ4v) is 2.99. The third-order valence-corrected chi connectivity index (χ3v) is 4.42. The Hall–Kier alpha value is -3.09. The first-order chi connectivity index (χ1) is 13.2. The van der Waals surface area contributed by atoms with E-state index in [1.54, 1.807) is 17.2 Å². The molecule has 2 aromatic rings. The Morgan fingerprint density at radius 1 is 1.11 bits per heavy atom. The molecule has 3 rings (SSSR count). The number of para-hydroxylation sites is 1. The van der Waals surface area contributed by atoms with Gasteiger partial charge in [0, 0.05) is 24.8 Å². The van der Waals surface area contributed by atoms with Crippen LogP contribution >= 0.6 is 0 Å². The molecular formula is C20H24N4O3. The summed E-state index contributed by atoms with van der Waals surface area (Å²) in [6, 6.07) is 13.1. The maximum absolute atomic E-state index is 12.2. The van der Waals surface area contributed by atoms with Crippen molar-refractivity contribution >= 4 is 23.4 Å². The van der Waals surface area contributed by atoms with Gasteiger partial charge < -0.3 is 20.3 Å². The Kier molecular flexibility index (Phi) is 6.25. The van der Waals surface area contributed by atoms with Crippen LogP contribution in [0.4, 0.5) is 16.2 Å². The molecule has 1 aliphatic heterocycles. The third kappa shape index (κ3) is 5.20. The van der Waals surface area contributed by atoms with E-state index in [2.05, 4.69) is 15.6 Å². The van der Waals surface area contributed by atoms with Crippen molar-refractivity contribution in [3.05, 3.63) is 54.4 Å². The zero-order valence-corrected chi connectivity index (χ0v) is 15.4. The number of benzene rings is 1. The summed E-state index contributed by atoms with van der Waals surface area (Å²) in [4.78, 5) is 29.9. The zero-order valence-electron chi connectivity index (χ0n) is 15.4. The standard InChI is InChI=1S/C20H24N4O3/c1-2-27-20(26)24-12-10-16(11-13-24)22-17-8-9-18(21-14-17)19(25)23-15-6-4-3-5-7-15/h3-9,14,16,22H,2,10-13H2,1H3,(H,23,25). The van der Waals surface area contributed by atoms with Gasteiger partial charge in [0.1, 0.15) is 5.69 Å². The van der Waals surface area contributed by atoms with Crippen LogP contribution in [0, 0.1) is 0 Å². The Morgan fingerprint density at radius 3 is 2.48 bits per heavy atom. The predicted molar refractivity (Wildman–Crippen MR) is 104 cm³/mol. The van der Waals surface area contributed by atoms with E-state index < -0.39 is 0 Å². The van der Waals surface area contributed by atoms with Crippen LogP contribution in [0.25, 0.3) is 0 Å². The molecule has 0 aliphatic carbocycles. The Balaban J connectivity index is 1.50. The number of nitrogens with zero attached hydrogens (tertiary/aromatic N) is 2. The Bertz CT molecular complexity index is 757. The maximum Gasteiger partial charge on any atom is 0.409 e. The minimum Gasteiger partial charge on any atom is -0.450 e. The molecule has 1 fully saturated rings. The molecule has 0 unspecified atom stereocenters. The highest BCUT2D eigenvalue weighted by atomic mass is 16.6. The van der Waals surface area contributed by atoms with Crippen molar-refractivity contribution in [3.63, 3.8) is 0 Å². The molecule has 0 atom stereocenters. The van der Waals surface area contributed by atoms with Gasteiger partial charge in [0.05, 0.1) is 18.5 Å². The van der Waals surface area contributed by atoms with Gasteiger partial charge in [-0.05, 0) is 44.0 Å². The monoisotopic (exact) mass is 368 g/mol. The average Bonchev–Trinajstić information content (AvgIpc) is 2.70. The van der Waals surface area contributed by atoms with Crippen molar-refractivity contribution in [1.82, 2.24) is 9.88 Å². The van der Waals surface area contributed by atoms with E-state index in [4.69, 9.17) is 4.74 Å². The third-order valence-electron chi connectivity index (χ3n) is 4.42. The normalized spacial score (nSPS) is 14.5. The fourth-order valence-electron chi connectivity index (χ4n) is 2.99. The van der Waals surface area contributed by atoms with Gasteiger partial charge in [-0.25, -0.2) is 9.78 Å². The predicted octanol–water partition coefficient (Wildman–Crippen LogP) is 3.37. The fraction of sp³-hybridized carbons (Fsp3) is 0.350. The van der Waals surface area contributed by atoms with Gasteiger partial charge in [0.15, 0.2) is 0 Å². The number of nitrogens with one attached hydrogen (secondary N) is 2. The number of carbonyl (C=O) groups excluding carboxylic acids is 2. The van der Waals surface area contributed by atoms with Gasteiger partial charge in [-0.2, -0.15) is 0 Å². The lowest BCUT2D eigenvalue weighted by Crippen LogP contribution is -2.42. The van der Waals surface area contributed by atoms with Gasteiger partial charge in [-0.15, -0.1) is 0 Å². The van der Waals surface area contributed by atoms with Gasteiger partial charge >= 0.3 is 6.09 Å². The number of carbonyl (C=O) groups is 2. The Morgan fingerprint density at radius 2 is 1.85 bits per heavy atom. The lowest BCUT2D eigenvalue weighted by Gasteiger charge is -2.32. The number of hydrogen-bond donors (Lipinski definition) is 2. The number of hydrogen-bond acceptors (Lipinski definition) is 5. The number of likely N-dealkylation sites (tertiary alicyclic amines) is 1. The SMILES string of the molecule is CCOC(=O)N1CCC(Nc2ccc(C(=O)Nc3ccccc3)nc2)CC1. The summed E-state index contributed by atoms with van der Waals surface area (Å²) >= 11 is 0. The second-order valence-electron chi connectivity index (χ2n) is 6.36. The highest BCUT2D eigenvalue weighted by Crippen LogP contribution is 2.17. The van der Waals surface area contributed by atoms with Gasteiger partial charge in [0.25, 0.3) is 5.91 Å². The number of amides is 2. The van der Waals surface area contributed by atoms with Crippen molar-refractivity contribution < 1.29 is 14.3 Å². The molecule has 0 radical (unpaired) electrons. The van der Waals surface area contributed by atoms with Crippen LogP contribution in [0.1, 0.15) is 30.3 Å². The quantitative estimate of drug-likeness (QED) is 0.845. The lowest BCUT2D eigenvalue weighted by atomic mass is 10.1. The van der Waals surface area contributed by atoms with Gasteiger partial charge in [0.2, 0.25) is 0 Å². The van der Waals surface area contributed by atoms with Crippen molar-refractivity contribution in [2.75, 3.05) is 30.3 Å². The topological polar surface area (TPSA) is 83.6 Å². The van der Waals surface area contributed by atoms with Crippen molar-refractivity contribution in [1.29, 1.82) is 0 Å². The lowest BCUT2D eigenvalue weighted by molar-refractivity contribution is 0.0982. The zero-order chi connectivity index (χ0) is 19.1. The molecule has 7 heteroatoms. The molecule has 7 nitrogen and oxygen atoms in total. The summed E-state index contributed by atoms with van der Waals surface area (Å²) < 4.78 is 5.03. The summed E-state index contributed by atoms with van der Waals surface area (Å²) in [6.45, 7) is 3.54. The number of rotatable bonds is 5. The molecule has 27 heavy (non-hydrogen) atoms. The summed E-state index contributed by atoms with van der Waals surface area (Å²) in [5.74, 6) is -0.240. The molecule has 2 amide bonds. The molecule has 1 aliphatic rings. The molecule has 2 N–H and O–H groups in total. The van der Waals surface area contributed by atoms with E-state index in [0.29, 0.717) is 25.4 Å². The Labute approximate surface area is 158 Å². The van der Waals surface area contributed by atoms with Crippen LogP contribution in [0.5, 0.6) is 0 Å². The van der Waals surface area contributed by atoms with E-state index in [1.807, 2.05) is 43.3 Å². The largest absolute Gasteiger partial charge is 0.450 e. The van der Waals surface area contributed by atoms with Crippen LogP contribution in [0.3, 0.4) is 0 Å². The van der Waals surface area contributed by atoms with Crippen molar-refractivity contribution in [3.8, 4) is 0 Å². The van der Waals surface area contributed by atoms with Crippen LogP contribution in [-0.2, 0) is 4.74 Å². The highest BCUT2D eigenvalue weighted by molar-refractivity contribution is 6.02. The first kappa shape index (κ1) is 18.7. The number of aromatic nitrogens is 1. The van der Waals surface area contributed by atoms with Crippen LogP contribution in [0.15, 0.2) is 48.7 Å². The van der Waals surface area contributed by atoms with Crippen LogP contribution in [0.2, 0.25) is 0 Å². The molecule has 1 aromatic carbocycles. The second-order valence-corrected chi connectivity index (χ2v) is 6.36. The molecule has 0 saturated carbocycles. The van der Waals surface area contributed by atoms with Crippen LogP contribution in [-0.4, -0.2) is 47.6 Å². The average molecular weight is 368 g/mol. The number of pyridine rings is 1. The minimum absolute atomic E-state index is 0.240. The molecule has 1 aromatic heterocycles.